The molecule has 68 heavy (non-hydrogen) atoms. The second-order valence-corrected chi connectivity index (χ2v) is 18.3. The number of methoxy groups -OCH3 is 1. The molecule has 5 heterocycles. The normalized spacial score (nSPS) is 19.2. The molecule has 0 aliphatic carbocycles. The number of nitrogens with one attached hydrogen (secondary N) is 3. The third-order valence-corrected chi connectivity index (χ3v) is 13.9. The van der Waals surface area contributed by atoms with Gasteiger partial charge in [0, 0.05) is 71.5 Å². The number of hydrogen-bond acceptors (Lipinski definition) is 15. The number of anilines is 3. The van der Waals surface area contributed by atoms with Gasteiger partial charge in [-0.15, -0.1) is 0 Å². The van der Waals surface area contributed by atoms with Crippen molar-refractivity contribution in [3.8, 4) is 23.3 Å². The summed E-state index contributed by atoms with van der Waals surface area (Å²) in [5.74, 6) is -2.57. The lowest BCUT2D eigenvalue weighted by Gasteiger charge is -2.40. The van der Waals surface area contributed by atoms with E-state index in [0.717, 1.165) is 16.4 Å². The Balaban J connectivity index is 0.861. The Morgan fingerprint density at radius 1 is 0.985 bits per heavy atom. The van der Waals surface area contributed by atoms with Crippen molar-refractivity contribution in [1.82, 2.24) is 38.9 Å². The maximum absolute atomic E-state index is 15.5. The van der Waals surface area contributed by atoms with E-state index in [2.05, 4.69) is 30.3 Å². The standard InChI is InChI=1S/C45H48F2N12O8S/c1-4-55(2)68(64,65)54-37-10-8-34(46)42(33(37)21-48)67-29-6-9-36-32(20-29)44(63)59(26-51-36)28-22-49-45(50-23-28)58-17-15-57(16-18-58)41(61)25-56-14-13-31(39(24-56)66-3)30-7-5-27(19-35(30)47)52-38-11-12-40(60)53-43(38)62/h5-10,19-20,22-23,26,31,38-39,52,54H,4,11-18,24-25H2,1-3H3,(H,53,60,62)/t31-,38-,39+/m1/s1. The summed E-state index contributed by atoms with van der Waals surface area (Å²) >= 11 is 0. The lowest BCUT2D eigenvalue weighted by atomic mass is 9.86. The number of likely N-dealkylation sites (tertiary alicyclic amines) is 1. The summed E-state index contributed by atoms with van der Waals surface area (Å²) in [4.78, 5) is 70.1. The van der Waals surface area contributed by atoms with Gasteiger partial charge >= 0.3 is 10.2 Å². The van der Waals surface area contributed by atoms with Gasteiger partial charge in [-0.05, 0) is 67.4 Å². The topological polar surface area (TPSA) is 237 Å². The number of ether oxygens (including phenoxy) is 2. The minimum atomic E-state index is -4.05. The van der Waals surface area contributed by atoms with E-state index in [9.17, 15) is 32.9 Å². The number of aromatic nitrogens is 4. The molecule has 0 unspecified atom stereocenters. The van der Waals surface area contributed by atoms with Crippen molar-refractivity contribution < 1.29 is 41.1 Å². The van der Waals surface area contributed by atoms with Crippen molar-refractivity contribution in [3.05, 3.63) is 100 Å². The van der Waals surface area contributed by atoms with E-state index in [1.807, 2.05) is 9.80 Å². The second kappa shape index (κ2) is 20.0. The van der Waals surface area contributed by atoms with Gasteiger partial charge in [0.15, 0.2) is 11.6 Å². The summed E-state index contributed by atoms with van der Waals surface area (Å²) in [5, 5.41) is 15.3. The summed E-state index contributed by atoms with van der Waals surface area (Å²) in [6.45, 7) is 4.69. The minimum absolute atomic E-state index is 0.0119. The van der Waals surface area contributed by atoms with Crippen molar-refractivity contribution in [1.29, 1.82) is 5.26 Å². The van der Waals surface area contributed by atoms with E-state index >= 15 is 8.78 Å². The zero-order chi connectivity index (χ0) is 48.3. The molecule has 356 valence electrons. The molecule has 2 aromatic heterocycles. The molecule has 0 radical (unpaired) electrons. The number of carbonyl (C=O) groups is 3. The zero-order valence-electron chi connectivity index (χ0n) is 37.3. The van der Waals surface area contributed by atoms with Gasteiger partial charge in [-0.25, -0.2) is 23.7 Å². The van der Waals surface area contributed by atoms with Gasteiger partial charge in [0.05, 0.1) is 47.3 Å². The molecule has 3 aliphatic heterocycles. The number of carbonyl (C=O) groups excluding carboxylic acids is 3. The van der Waals surface area contributed by atoms with Gasteiger partial charge in [-0.2, -0.15) is 18.0 Å². The van der Waals surface area contributed by atoms with E-state index in [1.54, 1.807) is 37.1 Å². The summed E-state index contributed by atoms with van der Waals surface area (Å²) < 4.78 is 72.0. The average molecular weight is 955 g/mol. The maximum Gasteiger partial charge on any atom is 0.301 e. The molecule has 3 aromatic carbocycles. The highest BCUT2D eigenvalue weighted by atomic mass is 32.2. The largest absolute Gasteiger partial charge is 0.453 e. The molecule has 8 rings (SSSR count). The molecule has 3 atom stereocenters. The SMILES string of the molecule is CCN(C)S(=O)(=O)Nc1ccc(F)c(Oc2ccc3ncn(-c4cnc(N5CCN(C(=O)CN6CC[C@H](c7ccc(N[C@@H]8CCC(=O)NC8=O)cc7F)[C@@H](OC)C6)CC5)nc4)c(=O)c3c2)c1C#N. The van der Waals surface area contributed by atoms with Gasteiger partial charge in [0.1, 0.15) is 35.6 Å². The van der Waals surface area contributed by atoms with Crippen LogP contribution in [0.5, 0.6) is 11.5 Å². The number of piperidine rings is 2. The first-order valence-corrected chi connectivity index (χ1v) is 23.3. The number of amides is 3. The number of fused-ring (bicyclic) bond motifs is 1. The third kappa shape index (κ3) is 10.1. The number of rotatable bonds is 14. The van der Waals surface area contributed by atoms with Crippen LogP contribution < -0.4 is 30.6 Å². The summed E-state index contributed by atoms with van der Waals surface area (Å²) in [7, 11) is -1.13. The fourth-order valence-corrected chi connectivity index (χ4v) is 9.37. The Bertz CT molecular complexity index is 2960. The lowest BCUT2D eigenvalue weighted by Crippen LogP contribution is -2.53. The average Bonchev–Trinajstić information content (AvgIpc) is 3.33. The van der Waals surface area contributed by atoms with Crippen LogP contribution in [0.4, 0.5) is 26.1 Å². The molecular weight excluding hydrogens is 907 g/mol. The van der Waals surface area contributed by atoms with Gasteiger partial charge in [0.2, 0.25) is 23.7 Å². The lowest BCUT2D eigenvalue weighted by molar-refractivity contribution is -0.134. The highest BCUT2D eigenvalue weighted by Crippen LogP contribution is 2.35. The number of halogens is 2. The Morgan fingerprint density at radius 3 is 2.44 bits per heavy atom. The highest BCUT2D eigenvalue weighted by molar-refractivity contribution is 7.90. The van der Waals surface area contributed by atoms with E-state index < -0.39 is 50.7 Å². The predicted octanol–water partition coefficient (Wildman–Crippen LogP) is 3.10. The zero-order valence-corrected chi connectivity index (χ0v) is 38.1. The van der Waals surface area contributed by atoms with Crippen LogP contribution in [0.25, 0.3) is 16.6 Å². The van der Waals surface area contributed by atoms with E-state index in [0.29, 0.717) is 80.5 Å². The van der Waals surface area contributed by atoms with Crippen LogP contribution >= 0.6 is 0 Å². The van der Waals surface area contributed by atoms with Crippen LogP contribution in [-0.4, -0.2) is 138 Å². The molecule has 0 bridgehead atoms. The molecule has 0 spiro atoms. The van der Waals surface area contributed by atoms with Crippen LogP contribution in [0.3, 0.4) is 0 Å². The second-order valence-electron chi connectivity index (χ2n) is 16.5. The van der Waals surface area contributed by atoms with E-state index in [1.165, 1.54) is 54.6 Å². The van der Waals surface area contributed by atoms with Gasteiger partial charge in [-0.1, -0.05) is 13.0 Å². The van der Waals surface area contributed by atoms with E-state index in [-0.39, 0.29) is 60.2 Å². The smallest absolute Gasteiger partial charge is 0.301 e. The van der Waals surface area contributed by atoms with Crippen LogP contribution in [0.1, 0.15) is 43.2 Å². The van der Waals surface area contributed by atoms with Gasteiger partial charge < -0.3 is 24.6 Å². The fraction of sp³-hybridized carbons (Fsp3) is 0.378. The quantitative estimate of drug-likeness (QED) is 0.136. The number of nitrogens with zero attached hydrogens (tertiary/aromatic N) is 9. The summed E-state index contributed by atoms with van der Waals surface area (Å²) in [6, 6.07) is 12.3. The molecule has 3 fully saturated rings. The molecule has 23 heteroatoms. The first-order valence-electron chi connectivity index (χ1n) is 21.8. The van der Waals surface area contributed by atoms with Crippen LogP contribution in [0.2, 0.25) is 0 Å². The van der Waals surface area contributed by atoms with Gasteiger partial charge in [0.25, 0.3) is 5.56 Å². The molecular formula is C45H48F2N12O8S. The Kier molecular flexibility index (Phi) is 13.9. The molecule has 3 saturated heterocycles. The molecule has 3 amide bonds. The highest BCUT2D eigenvalue weighted by Gasteiger charge is 2.35. The first kappa shape index (κ1) is 47.4. The van der Waals surface area contributed by atoms with Crippen LogP contribution in [0, 0.1) is 23.0 Å². The molecule has 0 saturated carbocycles. The maximum atomic E-state index is 15.5. The monoisotopic (exact) mass is 954 g/mol. The van der Waals surface area contributed by atoms with Crippen molar-refractivity contribution in [2.45, 2.75) is 44.2 Å². The van der Waals surface area contributed by atoms with Crippen molar-refractivity contribution in [2.24, 2.45) is 0 Å². The third-order valence-electron chi connectivity index (χ3n) is 12.4. The number of hydrogen-bond donors (Lipinski definition) is 3. The fourth-order valence-electron chi connectivity index (χ4n) is 8.42. The number of imide groups is 1. The molecule has 20 nitrogen and oxygen atoms in total. The van der Waals surface area contributed by atoms with Crippen LogP contribution in [0.15, 0.2) is 72.0 Å². The van der Waals surface area contributed by atoms with Crippen molar-refractivity contribution >= 4 is 56.2 Å². The van der Waals surface area contributed by atoms with E-state index in [4.69, 9.17) is 9.47 Å². The van der Waals surface area contributed by atoms with Crippen LogP contribution in [-0.2, 0) is 29.3 Å². The number of benzene rings is 3. The molecule has 3 N–H and O–H groups in total. The molecule has 3 aliphatic rings. The Labute approximate surface area is 389 Å². The minimum Gasteiger partial charge on any atom is -0.453 e. The number of piperazine rings is 1. The van der Waals surface area contributed by atoms with Crippen molar-refractivity contribution in [3.63, 3.8) is 0 Å². The predicted molar refractivity (Wildman–Crippen MR) is 245 cm³/mol. The van der Waals surface area contributed by atoms with Crippen molar-refractivity contribution in [2.75, 3.05) is 81.5 Å². The Hall–Kier alpha value is -7.13. The summed E-state index contributed by atoms with van der Waals surface area (Å²) in [5.41, 5.74) is 0.434. The Morgan fingerprint density at radius 2 is 1.75 bits per heavy atom. The summed E-state index contributed by atoms with van der Waals surface area (Å²) in [6.07, 6.45) is 4.99. The van der Waals surface area contributed by atoms with Gasteiger partial charge in [-0.3, -0.25) is 38.7 Å². The first-order chi connectivity index (χ1) is 32.7. The molecule has 5 aromatic rings. The number of nitriles is 1.